The quantitative estimate of drug-likeness (QED) is 0.333. The summed E-state index contributed by atoms with van der Waals surface area (Å²) < 4.78 is 44.1. The first-order chi connectivity index (χ1) is 16.2. The standard InChI is InChI=1S/C24H30FN3O6S/c1-7-15(4)19(30)12-18(29)13-20(31)34-23-21(14(2)3)26-24(28(5)35(6,32)33)27-22(23)16-8-10-17(25)11-9-16/h8-11,14-15H,7,12-13H2,1-6H3. The number of carbonyl (C=O) groups excluding carboxylic acids is 3. The Morgan fingerprint density at radius 2 is 1.66 bits per heavy atom. The molecule has 11 heteroatoms. The van der Waals surface area contributed by atoms with E-state index < -0.39 is 34.0 Å². The Hall–Kier alpha value is -3.21. The lowest BCUT2D eigenvalue weighted by Crippen LogP contribution is -2.28. The van der Waals surface area contributed by atoms with Crippen LogP contribution in [-0.4, -0.2) is 49.2 Å². The number of hydrogen-bond donors (Lipinski definition) is 0. The van der Waals surface area contributed by atoms with Gasteiger partial charge in [0.05, 0.1) is 18.4 Å². The summed E-state index contributed by atoms with van der Waals surface area (Å²) in [5.74, 6) is -3.11. The minimum atomic E-state index is -3.71. The van der Waals surface area contributed by atoms with Gasteiger partial charge >= 0.3 is 5.97 Å². The highest BCUT2D eigenvalue weighted by molar-refractivity contribution is 7.92. The number of carbonyl (C=O) groups is 3. The zero-order valence-corrected chi connectivity index (χ0v) is 21.5. The fourth-order valence-corrected chi connectivity index (χ4v) is 3.39. The van der Waals surface area contributed by atoms with Crippen LogP contribution in [0.5, 0.6) is 5.75 Å². The molecular formula is C24H30FN3O6S. The molecule has 190 valence electrons. The van der Waals surface area contributed by atoms with E-state index in [2.05, 4.69) is 9.97 Å². The van der Waals surface area contributed by atoms with Gasteiger partial charge in [-0.1, -0.05) is 27.7 Å². The molecule has 1 aromatic carbocycles. The third-order valence-corrected chi connectivity index (χ3v) is 6.57. The highest BCUT2D eigenvalue weighted by atomic mass is 32.2. The highest BCUT2D eigenvalue weighted by Crippen LogP contribution is 2.36. The largest absolute Gasteiger partial charge is 0.422 e. The Bertz CT molecular complexity index is 1210. The molecule has 1 aromatic heterocycles. The highest BCUT2D eigenvalue weighted by Gasteiger charge is 2.27. The van der Waals surface area contributed by atoms with Crippen molar-refractivity contribution < 1.29 is 31.9 Å². The molecule has 0 aliphatic heterocycles. The van der Waals surface area contributed by atoms with Gasteiger partial charge in [-0.2, -0.15) is 0 Å². The molecule has 0 bridgehead atoms. The molecule has 0 saturated heterocycles. The maximum absolute atomic E-state index is 13.5. The van der Waals surface area contributed by atoms with Gasteiger partial charge in [0.2, 0.25) is 16.0 Å². The molecule has 35 heavy (non-hydrogen) atoms. The third-order valence-electron chi connectivity index (χ3n) is 5.41. The summed E-state index contributed by atoms with van der Waals surface area (Å²) in [6.45, 7) is 7.06. The molecule has 0 amide bonds. The first-order valence-corrected chi connectivity index (χ1v) is 13.0. The minimum Gasteiger partial charge on any atom is -0.422 e. The molecule has 1 heterocycles. The molecule has 9 nitrogen and oxygen atoms in total. The number of ether oxygens (including phenoxy) is 1. The fraction of sp³-hybridized carbons (Fsp3) is 0.458. The van der Waals surface area contributed by atoms with Crippen molar-refractivity contribution in [1.82, 2.24) is 9.97 Å². The second kappa shape index (κ2) is 11.5. The lowest BCUT2D eigenvalue weighted by atomic mass is 9.98. The summed E-state index contributed by atoms with van der Waals surface area (Å²) in [5.41, 5.74) is 0.631. The van der Waals surface area contributed by atoms with E-state index in [1.807, 2.05) is 6.92 Å². The molecular weight excluding hydrogens is 477 g/mol. The average Bonchev–Trinajstić information content (AvgIpc) is 2.77. The molecule has 1 atom stereocenters. The van der Waals surface area contributed by atoms with E-state index >= 15 is 0 Å². The van der Waals surface area contributed by atoms with Crippen molar-refractivity contribution in [2.45, 2.75) is 52.9 Å². The molecule has 0 spiro atoms. The number of sulfonamides is 1. The average molecular weight is 508 g/mol. The van der Waals surface area contributed by atoms with Crippen LogP contribution < -0.4 is 9.04 Å². The number of aromatic nitrogens is 2. The molecule has 0 aliphatic rings. The first kappa shape index (κ1) is 28.0. The van der Waals surface area contributed by atoms with Gasteiger partial charge in [-0.25, -0.2) is 27.1 Å². The maximum Gasteiger partial charge on any atom is 0.318 e. The smallest absolute Gasteiger partial charge is 0.318 e. The van der Waals surface area contributed by atoms with E-state index in [4.69, 9.17) is 4.74 Å². The molecule has 0 fully saturated rings. The van der Waals surface area contributed by atoms with Gasteiger partial charge in [0, 0.05) is 18.5 Å². The first-order valence-electron chi connectivity index (χ1n) is 11.1. The monoisotopic (exact) mass is 507 g/mol. The van der Waals surface area contributed by atoms with E-state index in [-0.39, 0.29) is 47.1 Å². The number of Topliss-reactive ketones (excluding diaryl/α,β-unsaturated/α-hetero) is 2. The van der Waals surface area contributed by atoms with Crippen molar-refractivity contribution in [2.75, 3.05) is 17.6 Å². The predicted octanol–water partition coefficient (Wildman–Crippen LogP) is 3.67. The summed E-state index contributed by atoms with van der Waals surface area (Å²) in [6.07, 6.45) is 0.568. The van der Waals surface area contributed by atoms with Gasteiger partial charge in [0.15, 0.2) is 11.5 Å². The zero-order valence-electron chi connectivity index (χ0n) is 20.7. The number of halogens is 1. The van der Waals surface area contributed by atoms with Crippen molar-refractivity contribution in [3.05, 3.63) is 35.8 Å². The summed E-state index contributed by atoms with van der Waals surface area (Å²) in [5, 5.41) is 0. The molecule has 2 aromatic rings. The van der Waals surface area contributed by atoms with E-state index in [1.54, 1.807) is 20.8 Å². The van der Waals surface area contributed by atoms with Crippen LogP contribution in [0.1, 0.15) is 58.6 Å². The van der Waals surface area contributed by atoms with Gasteiger partial charge in [-0.05, 0) is 36.6 Å². The lowest BCUT2D eigenvalue weighted by molar-refractivity contribution is -0.138. The van der Waals surface area contributed by atoms with Gasteiger partial charge in [-0.3, -0.25) is 14.4 Å². The molecule has 1 unspecified atom stereocenters. The summed E-state index contributed by atoms with van der Waals surface area (Å²) in [7, 11) is -2.43. The van der Waals surface area contributed by atoms with Crippen LogP contribution in [0.3, 0.4) is 0 Å². The van der Waals surface area contributed by atoms with E-state index in [0.29, 0.717) is 12.0 Å². The van der Waals surface area contributed by atoms with Crippen LogP contribution in [0.4, 0.5) is 10.3 Å². The van der Waals surface area contributed by atoms with E-state index in [1.165, 1.54) is 31.3 Å². The second-order valence-corrected chi connectivity index (χ2v) is 10.6. The van der Waals surface area contributed by atoms with Crippen molar-refractivity contribution in [2.24, 2.45) is 5.92 Å². The summed E-state index contributed by atoms with van der Waals surface area (Å²) in [6, 6.07) is 5.17. The van der Waals surface area contributed by atoms with Crippen LogP contribution in [0.15, 0.2) is 24.3 Å². The van der Waals surface area contributed by atoms with E-state index in [0.717, 1.165) is 10.6 Å². The van der Waals surface area contributed by atoms with E-state index in [9.17, 15) is 27.2 Å². The fourth-order valence-electron chi connectivity index (χ4n) is 3.01. The van der Waals surface area contributed by atoms with Gasteiger partial charge in [0.1, 0.15) is 23.7 Å². The summed E-state index contributed by atoms with van der Waals surface area (Å²) >= 11 is 0. The summed E-state index contributed by atoms with van der Waals surface area (Å²) in [4.78, 5) is 45.6. The lowest BCUT2D eigenvalue weighted by Gasteiger charge is -2.21. The number of ketones is 2. The molecule has 0 N–H and O–H groups in total. The molecule has 0 aliphatic carbocycles. The maximum atomic E-state index is 13.5. The van der Waals surface area contributed by atoms with Crippen LogP contribution in [-0.2, 0) is 24.4 Å². The number of nitrogens with zero attached hydrogens (tertiary/aromatic N) is 3. The van der Waals surface area contributed by atoms with Gasteiger partial charge < -0.3 is 4.74 Å². The zero-order chi connectivity index (χ0) is 26.5. The van der Waals surface area contributed by atoms with Crippen LogP contribution in [0.25, 0.3) is 11.3 Å². The SMILES string of the molecule is CCC(C)C(=O)CC(=O)CC(=O)Oc1c(-c2ccc(F)cc2)nc(N(C)S(C)(=O)=O)nc1C(C)C. The van der Waals surface area contributed by atoms with Gasteiger partial charge in [0.25, 0.3) is 0 Å². The van der Waals surface area contributed by atoms with Crippen molar-refractivity contribution in [3.8, 4) is 17.0 Å². The number of anilines is 1. The normalized spacial score (nSPS) is 12.3. The number of hydrogen-bond acceptors (Lipinski definition) is 8. The molecule has 0 saturated carbocycles. The third kappa shape index (κ3) is 7.38. The van der Waals surface area contributed by atoms with Crippen LogP contribution in [0.2, 0.25) is 0 Å². The Morgan fingerprint density at radius 1 is 1.06 bits per heavy atom. The molecule has 0 radical (unpaired) electrons. The number of rotatable bonds is 11. The van der Waals surface area contributed by atoms with Crippen molar-refractivity contribution in [1.29, 1.82) is 0 Å². The Kier molecular flexibility index (Phi) is 9.19. The number of esters is 1. The Morgan fingerprint density at radius 3 is 2.17 bits per heavy atom. The van der Waals surface area contributed by atoms with Gasteiger partial charge in [-0.15, -0.1) is 0 Å². The minimum absolute atomic E-state index is 0.0608. The predicted molar refractivity (Wildman–Crippen MR) is 129 cm³/mol. The van der Waals surface area contributed by atoms with Crippen molar-refractivity contribution >= 4 is 33.5 Å². The number of benzene rings is 1. The Labute approximate surface area is 204 Å². The molecule has 2 rings (SSSR count). The second-order valence-electron chi connectivity index (χ2n) is 8.62. The van der Waals surface area contributed by atoms with Crippen LogP contribution >= 0.6 is 0 Å². The topological polar surface area (TPSA) is 124 Å². The van der Waals surface area contributed by atoms with Crippen LogP contribution in [0, 0.1) is 11.7 Å². The Balaban J connectivity index is 2.52. The van der Waals surface area contributed by atoms with Crippen molar-refractivity contribution in [3.63, 3.8) is 0 Å².